The summed E-state index contributed by atoms with van der Waals surface area (Å²) in [5.74, 6) is 0. The molecular formula is C18H30S. The molecule has 0 unspecified atom stereocenters. The highest BCUT2D eigenvalue weighted by Crippen LogP contribution is 2.51. The third kappa shape index (κ3) is 2.91. The highest BCUT2D eigenvalue weighted by Gasteiger charge is 2.40. The van der Waals surface area contributed by atoms with Crippen LogP contribution in [0, 0.1) is 0 Å². The zero-order chi connectivity index (χ0) is 14.3. The standard InChI is InChI=1S/C18H30S/c1-7-8-9-10-11-13-14-12-18(5,6)16(14)19-15(13)17(2,3)4/h7-12H2,1-6H3. The predicted octanol–water partition coefficient (Wildman–Crippen LogP) is 6.00. The van der Waals surface area contributed by atoms with Gasteiger partial charge in [-0.3, -0.25) is 0 Å². The number of thiophene rings is 1. The Morgan fingerprint density at radius 2 is 1.79 bits per heavy atom. The molecule has 0 spiro atoms. The van der Waals surface area contributed by atoms with Crippen molar-refractivity contribution >= 4 is 11.3 Å². The van der Waals surface area contributed by atoms with Gasteiger partial charge >= 0.3 is 0 Å². The normalized spacial score (nSPS) is 17.2. The molecule has 1 aliphatic rings. The van der Waals surface area contributed by atoms with Crippen LogP contribution in [0.2, 0.25) is 0 Å². The molecule has 1 heteroatoms. The van der Waals surface area contributed by atoms with Crippen LogP contribution in [-0.4, -0.2) is 0 Å². The van der Waals surface area contributed by atoms with E-state index in [4.69, 9.17) is 0 Å². The van der Waals surface area contributed by atoms with Crippen LogP contribution >= 0.6 is 11.3 Å². The largest absolute Gasteiger partial charge is 0.144 e. The van der Waals surface area contributed by atoms with Crippen molar-refractivity contribution in [2.45, 2.75) is 90.9 Å². The molecule has 0 fully saturated rings. The molecule has 0 aliphatic heterocycles. The van der Waals surface area contributed by atoms with Gasteiger partial charge in [-0.05, 0) is 35.8 Å². The third-order valence-corrected chi connectivity index (χ3v) is 6.38. The molecule has 0 saturated carbocycles. The highest BCUT2D eigenvalue weighted by atomic mass is 32.1. The number of rotatable bonds is 5. The summed E-state index contributed by atoms with van der Waals surface area (Å²) in [5, 5.41) is 0. The Kier molecular flexibility index (Phi) is 4.16. The Morgan fingerprint density at radius 1 is 1.11 bits per heavy atom. The maximum absolute atomic E-state index is 2.40. The van der Waals surface area contributed by atoms with Gasteiger partial charge in [0.25, 0.3) is 0 Å². The molecule has 1 aliphatic carbocycles. The Morgan fingerprint density at radius 3 is 2.32 bits per heavy atom. The Balaban J connectivity index is 2.21. The van der Waals surface area contributed by atoms with E-state index < -0.39 is 0 Å². The van der Waals surface area contributed by atoms with Crippen molar-refractivity contribution in [2.75, 3.05) is 0 Å². The lowest BCUT2D eigenvalue weighted by Crippen LogP contribution is -2.30. The lowest BCUT2D eigenvalue weighted by Gasteiger charge is -2.35. The van der Waals surface area contributed by atoms with E-state index in [2.05, 4.69) is 52.9 Å². The maximum Gasteiger partial charge on any atom is 0.0143 e. The van der Waals surface area contributed by atoms with E-state index in [0.717, 1.165) is 0 Å². The van der Waals surface area contributed by atoms with Gasteiger partial charge in [-0.25, -0.2) is 0 Å². The van der Waals surface area contributed by atoms with Crippen molar-refractivity contribution in [3.8, 4) is 0 Å². The zero-order valence-corrected chi connectivity index (χ0v) is 14.5. The first-order valence-corrected chi connectivity index (χ1v) is 8.74. The Bertz CT molecular complexity index is 443. The average molecular weight is 279 g/mol. The van der Waals surface area contributed by atoms with E-state index in [-0.39, 0.29) is 0 Å². The Hall–Kier alpha value is -0.300. The first-order valence-electron chi connectivity index (χ1n) is 7.93. The van der Waals surface area contributed by atoms with Crippen molar-refractivity contribution in [3.63, 3.8) is 0 Å². The molecule has 19 heavy (non-hydrogen) atoms. The number of hydrogen-bond acceptors (Lipinski definition) is 1. The van der Waals surface area contributed by atoms with E-state index in [0.29, 0.717) is 10.8 Å². The molecule has 0 bridgehead atoms. The van der Waals surface area contributed by atoms with Gasteiger partial charge in [0.1, 0.15) is 0 Å². The fourth-order valence-corrected chi connectivity index (χ4v) is 4.77. The minimum Gasteiger partial charge on any atom is -0.144 e. The van der Waals surface area contributed by atoms with E-state index in [1.165, 1.54) is 38.5 Å². The molecule has 0 atom stereocenters. The lowest BCUT2D eigenvalue weighted by atomic mass is 9.70. The third-order valence-electron chi connectivity index (χ3n) is 4.31. The molecule has 0 N–H and O–H groups in total. The van der Waals surface area contributed by atoms with Crippen molar-refractivity contribution in [2.24, 2.45) is 0 Å². The summed E-state index contributed by atoms with van der Waals surface area (Å²) < 4.78 is 0. The molecule has 1 aromatic rings. The van der Waals surface area contributed by atoms with Crippen LogP contribution in [0.4, 0.5) is 0 Å². The molecule has 1 aromatic heterocycles. The first kappa shape index (κ1) is 15.1. The molecule has 2 rings (SSSR count). The first-order chi connectivity index (χ1) is 8.77. The van der Waals surface area contributed by atoms with E-state index in [9.17, 15) is 0 Å². The van der Waals surface area contributed by atoms with Crippen molar-refractivity contribution in [1.29, 1.82) is 0 Å². The SMILES string of the molecule is CCCCCCc1c(C(C)(C)C)sc2c1CC2(C)C. The summed E-state index contributed by atoms with van der Waals surface area (Å²) in [4.78, 5) is 3.35. The fraction of sp³-hybridized carbons (Fsp3) is 0.778. The van der Waals surface area contributed by atoms with Crippen molar-refractivity contribution in [3.05, 3.63) is 20.9 Å². The zero-order valence-electron chi connectivity index (χ0n) is 13.7. The second-order valence-corrected chi connectivity index (χ2v) is 8.86. The van der Waals surface area contributed by atoms with Crippen LogP contribution < -0.4 is 0 Å². The van der Waals surface area contributed by atoms with E-state index >= 15 is 0 Å². The van der Waals surface area contributed by atoms with Crippen LogP contribution in [0.1, 0.15) is 88.1 Å². The number of fused-ring (bicyclic) bond motifs is 1. The van der Waals surface area contributed by atoms with Gasteiger partial charge in [-0.1, -0.05) is 60.8 Å². The van der Waals surface area contributed by atoms with Gasteiger partial charge in [0, 0.05) is 15.2 Å². The molecular weight excluding hydrogens is 248 g/mol. The average Bonchev–Trinajstić information content (AvgIpc) is 2.59. The number of unbranched alkanes of at least 4 members (excludes halogenated alkanes) is 3. The van der Waals surface area contributed by atoms with Gasteiger partial charge in [-0.15, -0.1) is 11.3 Å². The molecule has 1 heterocycles. The van der Waals surface area contributed by atoms with Gasteiger partial charge in [0.2, 0.25) is 0 Å². The van der Waals surface area contributed by atoms with Crippen LogP contribution in [0.25, 0.3) is 0 Å². The van der Waals surface area contributed by atoms with Gasteiger partial charge in [0.05, 0.1) is 0 Å². The molecule has 0 nitrogen and oxygen atoms in total. The molecule has 108 valence electrons. The van der Waals surface area contributed by atoms with Crippen LogP contribution in [0.3, 0.4) is 0 Å². The minimum absolute atomic E-state index is 0.318. The number of hydrogen-bond donors (Lipinski definition) is 0. The molecule has 0 saturated heterocycles. The molecule has 0 aromatic carbocycles. The monoisotopic (exact) mass is 278 g/mol. The summed E-state index contributed by atoms with van der Waals surface area (Å²) in [6, 6.07) is 0. The van der Waals surface area contributed by atoms with Crippen molar-refractivity contribution in [1.82, 2.24) is 0 Å². The smallest absolute Gasteiger partial charge is 0.0143 e. The second-order valence-electron chi connectivity index (χ2n) is 7.84. The van der Waals surface area contributed by atoms with Gasteiger partial charge in [0.15, 0.2) is 0 Å². The topological polar surface area (TPSA) is 0 Å². The minimum atomic E-state index is 0.318. The second kappa shape index (κ2) is 5.24. The van der Waals surface area contributed by atoms with E-state index in [1.807, 2.05) is 0 Å². The maximum atomic E-state index is 2.40. The highest BCUT2D eigenvalue weighted by molar-refractivity contribution is 7.13. The summed E-state index contributed by atoms with van der Waals surface area (Å²) in [7, 11) is 0. The Labute approximate surface area is 123 Å². The van der Waals surface area contributed by atoms with Crippen LogP contribution in [0.15, 0.2) is 0 Å². The van der Waals surface area contributed by atoms with Crippen LogP contribution in [-0.2, 0) is 23.7 Å². The lowest BCUT2D eigenvalue weighted by molar-refractivity contribution is 0.465. The molecule has 0 amide bonds. The van der Waals surface area contributed by atoms with Gasteiger partial charge < -0.3 is 0 Å². The molecule has 0 radical (unpaired) electrons. The summed E-state index contributed by atoms with van der Waals surface area (Å²) >= 11 is 2.11. The summed E-state index contributed by atoms with van der Waals surface area (Å²) in [6.45, 7) is 14.2. The summed E-state index contributed by atoms with van der Waals surface area (Å²) in [5.41, 5.74) is 4.21. The predicted molar refractivity (Wildman–Crippen MR) is 87.6 cm³/mol. The quantitative estimate of drug-likeness (QED) is 0.579. The van der Waals surface area contributed by atoms with E-state index in [1.54, 1.807) is 20.9 Å². The van der Waals surface area contributed by atoms with Crippen LogP contribution in [0.5, 0.6) is 0 Å². The van der Waals surface area contributed by atoms with Crippen molar-refractivity contribution < 1.29 is 0 Å². The summed E-state index contributed by atoms with van der Waals surface area (Å²) in [6.07, 6.45) is 8.12. The fourth-order valence-electron chi connectivity index (χ4n) is 3.25. The van der Waals surface area contributed by atoms with Gasteiger partial charge in [-0.2, -0.15) is 0 Å².